The lowest BCUT2D eigenvalue weighted by Gasteiger charge is -2.32. The molecule has 1 fully saturated rings. The van der Waals surface area contributed by atoms with Crippen molar-refractivity contribution in [3.63, 3.8) is 0 Å². The number of hydrogen-bond donors (Lipinski definition) is 4. The number of nitrogen functional groups attached to an aromatic ring is 1. The molecule has 3 heterocycles. The summed E-state index contributed by atoms with van der Waals surface area (Å²) in [7, 11) is 0. The predicted molar refractivity (Wildman–Crippen MR) is 107 cm³/mol. The van der Waals surface area contributed by atoms with Crippen LogP contribution in [0.5, 0.6) is 0 Å². The van der Waals surface area contributed by atoms with Gasteiger partial charge in [0.1, 0.15) is 5.52 Å². The average Bonchev–Trinajstić information content (AvgIpc) is 3.19. The van der Waals surface area contributed by atoms with E-state index in [1.54, 1.807) is 6.20 Å². The number of aromatic nitrogens is 3. The van der Waals surface area contributed by atoms with Gasteiger partial charge in [0.15, 0.2) is 5.82 Å². The average molecular weight is 371 g/mol. The highest BCUT2D eigenvalue weighted by Crippen LogP contribution is 2.25. The minimum Gasteiger partial charge on any atom is -0.368 e. The van der Waals surface area contributed by atoms with Gasteiger partial charge in [-0.25, -0.2) is 4.98 Å². The third-order valence-corrected chi connectivity index (χ3v) is 5.00. The van der Waals surface area contributed by atoms with E-state index in [9.17, 15) is 4.79 Å². The molecule has 1 aliphatic rings. The van der Waals surface area contributed by atoms with Crippen LogP contribution in [0.2, 0.25) is 0 Å². The zero-order valence-corrected chi connectivity index (χ0v) is 16.1. The number of nitrogens with two attached hydrogens (primary N) is 1. The molecule has 5 N–H and O–H groups in total. The van der Waals surface area contributed by atoms with Gasteiger partial charge in [-0.1, -0.05) is 19.8 Å². The molecule has 1 saturated heterocycles. The maximum absolute atomic E-state index is 12.4. The SMILES string of the molecule is CCCCC(C)(CNC(=O)[C@@H]1CCCN1)Nc1nc(N)nc2cccnc12. The normalized spacial score (nSPS) is 19.0. The minimum absolute atomic E-state index is 0.0576. The molecule has 8 nitrogen and oxygen atoms in total. The highest BCUT2D eigenvalue weighted by molar-refractivity contribution is 5.86. The first kappa shape index (κ1) is 19.3. The Bertz CT molecular complexity index is 791. The van der Waals surface area contributed by atoms with Crippen LogP contribution >= 0.6 is 0 Å². The first-order valence-corrected chi connectivity index (χ1v) is 9.68. The molecule has 0 aliphatic carbocycles. The first-order valence-electron chi connectivity index (χ1n) is 9.68. The molecular weight excluding hydrogens is 342 g/mol. The van der Waals surface area contributed by atoms with E-state index >= 15 is 0 Å². The second-order valence-electron chi connectivity index (χ2n) is 7.46. The molecule has 1 aliphatic heterocycles. The van der Waals surface area contributed by atoms with Crippen LogP contribution in [-0.4, -0.2) is 45.5 Å². The summed E-state index contributed by atoms with van der Waals surface area (Å²) >= 11 is 0. The van der Waals surface area contributed by atoms with Gasteiger partial charge in [0.05, 0.1) is 17.1 Å². The van der Waals surface area contributed by atoms with Crippen molar-refractivity contribution in [2.75, 3.05) is 24.1 Å². The number of pyridine rings is 1. The lowest BCUT2D eigenvalue weighted by atomic mass is 9.94. The molecule has 0 spiro atoms. The summed E-state index contributed by atoms with van der Waals surface area (Å²) in [5, 5.41) is 9.83. The van der Waals surface area contributed by atoms with Crippen molar-refractivity contribution in [2.24, 2.45) is 0 Å². The van der Waals surface area contributed by atoms with Gasteiger partial charge in [-0.15, -0.1) is 0 Å². The van der Waals surface area contributed by atoms with Gasteiger partial charge in [0.2, 0.25) is 11.9 Å². The zero-order chi connectivity index (χ0) is 19.3. The van der Waals surface area contributed by atoms with Crippen molar-refractivity contribution in [3.8, 4) is 0 Å². The van der Waals surface area contributed by atoms with Crippen LogP contribution in [0.3, 0.4) is 0 Å². The topological polar surface area (TPSA) is 118 Å². The number of unbranched alkanes of at least 4 members (excludes halogenated alkanes) is 1. The molecule has 2 aromatic rings. The van der Waals surface area contributed by atoms with Crippen molar-refractivity contribution >= 4 is 28.7 Å². The first-order chi connectivity index (χ1) is 13.0. The maximum Gasteiger partial charge on any atom is 0.237 e. The predicted octanol–water partition coefficient (Wildman–Crippen LogP) is 1.84. The number of fused-ring (bicyclic) bond motifs is 1. The molecule has 0 bridgehead atoms. The van der Waals surface area contributed by atoms with Gasteiger partial charge in [-0.3, -0.25) is 9.78 Å². The van der Waals surface area contributed by atoms with Crippen molar-refractivity contribution < 1.29 is 4.79 Å². The number of hydrogen-bond acceptors (Lipinski definition) is 7. The molecule has 2 aromatic heterocycles. The number of carbonyl (C=O) groups is 1. The third kappa shape index (κ3) is 4.82. The van der Waals surface area contributed by atoms with Crippen molar-refractivity contribution in [1.82, 2.24) is 25.6 Å². The van der Waals surface area contributed by atoms with E-state index in [0.717, 1.165) is 38.6 Å². The number of nitrogens with one attached hydrogen (secondary N) is 3. The quantitative estimate of drug-likeness (QED) is 0.559. The molecule has 0 saturated carbocycles. The highest BCUT2D eigenvalue weighted by atomic mass is 16.2. The molecule has 2 atom stereocenters. The fraction of sp³-hybridized carbons (Fsp3) is 0.579. The molecule has 1 amide bonds. The molecule has 27 heavy (non-hydrogen) atoms. The number of anilines is 2. The maximum atomic E-state index is 12.4. The fourth-order valence-corrected chi connectivity index (χ4v) is 3.43. The number of nitrogens with zero attached hydrogens (tertiary/aromatic N) is 3. The van der Waals surface area contributed by atoms with E-state index in [1.165, 1.54) is 0 Å². The Morgan fingerprint density at radius 3 is 3.04 bits per heavy atom. The van der Waals surface area contributed by atoms with Crippen LogP contribution in [0, 0.1) is 0 Å². The van der Waals surface area contributed by atoms with E-state index < -0.39 is 0 Å². The third-order valence-electron chi connectivity index (χ3n) is 5.00. The van der Waals surface area contributed by atoms with Gasteiger partial charge in [-0.05, 0) is 44.9 Å². The zero-order valence-electron chi connectivity index (χ0n) is 16.1. The summed E-state index contributed by atoms with van der Waals surface area (Å²) in [5.74, 6) is 0.863. The van der Waals surface area contributed by atoms with Gasteiger partial charge in [0.25, 0.3) is 0 Å². The summed E-state index contributed by atoms with van der Waals surface area (Å²) in [6.07, 6.45) is 6.64. The standard InChI is InChI=1S/C19H29N7O/c1-3-4-9-19(2,12-23-17(27)14-8-6-10-21-14)26-16-15-13(7-5-11-22-15)24-18(20)25-16/h5,7,11,14,21H,3-4,6,8-10,12H2,1-2H3,(H,23,27)(H3,20,24,25,26)/t14-,19?/m0/s1. The summed E-state index contributed by atoms with van der Waals surface area (Å²) in [5.41, 5.74) is 6.89. The molecule has 0 radical (unpaired) electrons. The van der Waals surface area contributed by atoms with Crippen LogP contribution in [0.25, 0.3) is 11.0 Å². The van der Waals surface area contributed by atoms with E-state index in [4.69, 9.17) is 5.73 Å². The van der Waals surface area contributed by atoms with Crippen LogP contribution in [0.4, 0.5) is 11.8 Å². The Kier molecular flexibility index (Phi) is 6.05. The number of rotatable bonds is 8. The largest absolute Gasteiger partial charge is 0.368 e. The Labute approximate surface area is 159 Å². The Morgan fingerprint density at radius 2 is 2.30 bits per heavy atom. The molecular formula is C19H29N7O. The van der Waals surface area contributed by atoms with Crippen LogP contribution in [0.1, 0.15) is 46.0 Å². The van der Waals surface area contributed by atoms with Gasteiger partial charge >= 0.3 is 0 Å². The summed E-state index contributed by atoms with van der Waals surface area (Å²) in [6, 6.07) is 3.60. The Balaban J connectivity index is 1.78. The highest BCUT2D eigenvalue weighted by Gasteiger charge is 2.28. The lowest BCUT2D eigenvalue weighted by molar-refractivity contribution is -0.123. The number of carbonyl (C=O) groups excluding carboxylic acids is 1. The minimum atomic E-state index is -0.366. The monoisotopic (exact) mass is 371 g/mol. The van der Waals surface area contributed by atoms with Crippen LogP contribution in [0.15, 0.2) is 18.3 Å². The smallest absolute Gasteiger partial charge is 0.237 e. The molecule has 8 heteroatoms. The second-order valence-corrected chi connectivity index (χ2v) is 7.46. The Morgan fingerprint density at radius 1 is 1.44 bits per heavy atom. The van der Waals surface area contributed by atoms with Gasteiger partial charge in [-0.2, -0.15) is 4.98 Å². The molecule has 3 rings (SSSR count). The van der Waals surface area contributed by atoms with Gasteiger partial charge in [0, 0.05) is 12.7 Å². The summed E-state index contributed by atoms with van der Waals surface area (Å²) < 4.78 is 0. The summed E-state index contributed by atoms with van der Waals surface area (Å²) in [4.78, 5) is 25.4. The fourth-order valence-electron chi connectivity index (χ4n) is 3.43. The Hall–Kier alpha value is -2.48. The van der Waals surface area contributed by atoms with Crippen molar-refractivity contribution in [2.45, 2.75) is 57.5 Å². The summed E-state index contributed by atoms with van der Waals surface area (Å²) in [6.45, 7) is 5.66. The van der Waals surface area contributed by atoms with Gasteiger partial charge < -0.3 is 21.7 Å². The lowest BCUT2D eigenvalue weighted by Crippen LogP contribution is -2.50. The van der Waals surface area contributed by atoms with Crippen LogP contribution in [-0.2, 0) is 4.79 Å². The van der Waals surface area contributed by atoms with Crippen molar-refractivity contribution in [1.29, 1.82) is 0 Å². The molecule has 0 aromatic carbocycles. The molecule has 1 unspecified atom stereocenters. The number of amides is 1. The van der Waals surface area contributed by atoms with E-state index in [0.29, 0.717) is 23.4 Å². The van der Waals surface area contributed by atoms with Crippen LogP contribution < -0.4 is 21.7 Å². The molecule has 146 valence electrons. The second kappa shape index (κ2) is 8.47. The van der Waals surface area contributed by atoms with E-state index in [1.807, 2.05) is 12.1 Å². The van der Waals surface area contributed by atoms with E-state index in [2.05, 4.69) is 44.7 Å². The van der Waals surface area contributed by atoms with E-state index in [-0.39, 0.29) is 23.4 Å². The van der Waals surface area contributed by atoms with Crippen molar-refractivity contribution in [3.05, 3.63) is 18.3 Å².